The van der Waals surface area contributed by atoms with Gasteiger partial charge in [-0.3, -0.25) is 0 Å². The lowest BCUT2D eigenvalue weighted by atomic mass is 10.1. The lowest BCUT2D eigenvalue weighted by molar-refractivity contribution is 1.02. The molecule has 3 heteroatoms. The van der Waals surface area contributed by atoms with E-state index in [4.69, 9.17) is 34.8 Å². The van der Waals surface area contributed by atoms with Crippen molar-refractivity contribution in [3.05, 3.63) is 42.3 Å². The average molecular weight is 223 g/mol. The van der Waals surface area contributed by atoms with E-state index in [0.717, 1.165) is 11.1 Å². The van der Waals surface area contributed by atoms with E-state index in [1.54, 1.807) is 0 Å². The number of hydrogen-bond acceptors (Lipinski definition) is 0. The first-order valence-corrected chi connectivity index (χ1v) is 4.58. The minimum atomic E-state index is -1.21. The Morgan fingerprint density at radius 1 is 1.08 bits per heavy atom. The Balaban J connectivity index is 2.71. The van der Waals surface area contributed by atoms with Gasteiger partial charge in [-0.15, -0.1) is 0 Å². The molecule has 0 bridgehead atoms. The third kappa shape index (κ3) is 3.66. The molecule has 1 aromatic carbocycles. The fourth-order valence-corrected chi connectivity index (χ4v) is 1.35. The highest BCUT2D eigenvalue weighted by Crippen LogP contribution is 2.30. The van der Waals surface area contributed by atoms with E-state index in [1.807, 2.05) is 24.3 Å². The van der Waals surface area contributed by atoms with Crippen molar-refractivity contribution in [1.29, 1.82) is 0 Å². The van der Waals surface area contributed by atoms with Crippen LogP contribution >= 0.6 is 34.8 Å². The van der Waals surface area contributed by atoms with Gasteiger partial charge in [0.2, 0.25) is 0 Å². The second kappa shape index (κ2) is 3.87. The van der Waals surface area contributed by atoms with E-state index in [0.29, 0.717) is 6.42 Å². The zero-order valence-corrected chi connectivity index (χ0v) is 8.63. The number of hydrogen-bond donors (Lipinski definition) is 0. The molecular formula is C9H8Cl3. The van der Waals surface area contributed by atoms with Gasteiger partial charge in [-0.1, -0.05) is 59.1 Å². The summed E-state index contributed by atoms with van der Waals surface area (Å²) in [6.45, 7) is 3.76. The molecule has 0 atom stereocenters. The average Bonchev–Trinajstić information content (AvgIpc) is 1.91. The van der Waals surface area contributed by atoms with Gasteiger partial charge in [-0.2, -0.15) is 0 Å². The van der Waals surface area contributed by atoms with Gasteiger partial charge in [-0.25, -0.2) is 0 Å². The molecule has 0 saturated heterocycles. The molecule has 0 unspecified atom stereocenters. The molecule has 0 nitrogen and oxygen atoms in total. The summed E-state index contributed by atoms with van der Waals surface area (Å²) in [5.74, 6) is 0. The summed E-state index contributed by atoms with van der Waals surface area (Å²) in [6, 6.07) is 7.60. The van der Waals surface area contributed by atoms with Crippen LogP contribution in [0.2, 0.25) is 0 Å². The Labute approximate surface area is 87.4 Å². The first-order chi connectivity index (χ1) is 5.47. The van der Waals surface area contributed by atoms with Gasteiger partial charge in [-0.05, 0) is 18.1 Å². The molecule has 0 aromatic heterocycles. The van der Waals surface area contributed by atoms with E-state index in [9.17, 15) is 0 Å². The summed E-state index contributed by atoms with van der Waals surface area (Å²) in [4.78, 5) is 0. The van der Waals surface area contributed by atoms with Crippen molar-refractivity contribution in [2.75, 3.05) is 0 Å². The maximum atomic E-state index is 5.62. The maximum absolute atomic E-state index is 5.62. The van der Waals surface area contributed by atoms with Gasteiger partial charge < -0.3 is 0 Å². The van der Waals surface area contributed by atoms with Crippen LogP contribution < -0.4 is 0 Å². The summed E-state index contributed by atoms with van der Waals surface area (Å²) in [6.07, 6.45) is 0.429. The lowest BCUT2D eigenvalue weighted by Crippen LogP contribution is -2.06. The van der Waals surface area contributed by atoms with E-state index < -0.39 is 3.79 Å². The molecule has 12 heavy (non-hydrogen) atoms. The van der Waals surface area contributed by atoms with Gasteiger partial charge in [0.1, 0.15) is 0 Å². The van der Waals surface area contributed by atoms with Crippen LogP contribution in [0.15, 0.2) is 24.3 Å². The fraction of sp³-hybridized carbons (Fsp3) is 0.222. The third-order valence-corrected chi connectivity index (χ3v) is 1.83. The Hall–Kier alpha value is 0.0900. The van der Waals surface area contributed by atoms with E-state index in [2.05, 4.69) is 6.92 Å². The number of alkyl halides is 3. The molecule has 65 valence electrons. The monoisotopic (exact) mass is 221 g/mol. The Kier molecular flexibility index (Phi) is 3.28. The Bertz CT molecular complexity index is 245. The summed E-state index contributed by atoms with van der Waals surface area (Å²) in [5, 5.41) is 0. The maximum Gasteiger partial charge on any atom is 0.194 e. The van der Waals surface area contributed by atoms with Gasteiger partial charge in [0.05, 0.1) is 0 Å². The van der Waals surface area contributed by atoms with Crippen LogP contribution in [0.5, 0.6) is 0 Å². The highest BCUT2D eigenvalue weighted by molar-refractivity contribution is 6.67. The molecular weight excluding hydrogens is 214 g/mol. The van der Waals surface area contributed by atoms with Gasteiger partial charge in [0, 0.05) is 6.42 Å². The summed E-state index contributed by atoms with van der Waals surface area (Å²) < 4.78 is -1.21. The number of halogens is 3. The first-order valence-electron chi connectivity index (χ1n) is 3.45. The predicted octanol–water partition coefficient (Wildman–Crippen LogP) is 3.78. The largest absolute Gasteiger partial charge is 0.194 e. The minimum Gasteiger partial charge on any atom is -0.0833 e. The second-order valence-electron chi connectivity index (χ2n) is 2.61. The molecule has 0 N–H and O–H groups in total. The highest BCUT2D eigenvalue weighted by Gasteiger charge is 2.19. The van der Waals surface area contributed by atoms with Crippen molar-refractivity contribution in [2.45, 2.75) is 10.2 Å². The molecule has 0 heterocycles. The van der Waals surface area contributed by atoms with Gasteiger partial charge in [0.15, 0.2) is 3.79 Å². The van der Waals surface area contributed by atoms with E-state index in [-0.39, 0.29) is 0 Å². The van der Waals surface area contributed by atoms with Crippen LogP contribution in [0.25, 0.3) is 0 Å². The van der Waals surface area contributed by atoms with Gasteiger partial charge >= 0.3 is 0 Å². The Morgan fingerprint density at radius 3 is 2.00 bits per heavy atom. The summed E-state index contributed by atoms with van der Waals surface area (Å²) in [7, 11) is 0. The normalized spacial score (nSPS) is 11.7. The molecule has 0 amide bonds. The van der Waals surface area contributed by atoms with Crippen molar-refractivity contribution in [3.8, 4) is 0 Å². The molecule has 0 aliphatic heterocycles. The fourth-order valence-electron chi connectivity index (χ4n) is 0.889. The number of benzene rings is 1. The number of rotatable bonds is 1. The zero-order chi connectivity index (χ0) is 9.19. The smallest absolute Gasteiger partial charge is 0.0833 e. The molecule has 1 aromatic rings. The molecule has 0 spiro atoms. The van der Waals surface area contributed by atoms with Gasteiger partial charge in [0.25, 0.3) is 0 Å². The van der Waals surface area contributed by atoms with Crippen LogP contribution in [-0.4, -0.2) is 3.79 Å². The standard InChI is InChI=1S/C9H8Cl3/c1-7-2-4-8(5-3-7)6-9(10,11)12/h2-5H,1,6H2. The zero-order valence-electron chi connectivity index (χ0n) is 6.36. The summed E-state index contributed by atoms with van der Waals surface area (Å²) >= 11 is 16.9. The topological polar surface area (TPSA) is 0 Å². The molecule has 0 aliphatic carbocycles. The first kappa shape index (κ1) is 10.2. The van der Waals surface area contributed by atoms with Crippen LogP contribution in [0.4, 0.5) is 0 Å². The van der Waals surface area contributed by atoms with E-state index in [1.165, 1.54) is 0 Å². The SMILES string of the molecule is [CH2]c1ccc(CC(Cl)(Cl)Cl)cc1. The van der Waals surface area contributed by atoms with Crippen molar-refractivity contribution >= 4 is 34.8 Å². The van der Waals surface area contributed by atoms with Crippen LogP contribution in [0.1, 0.15) is 11.1 Å². The van der Waals surface area contributed by atoms with Crippen LogP contribution in [0.3, 0.4) is 0 Å². The van der Waals surface area contributed by atoms with Crippen molar-refractivity contribution < 1.29 is 0 Å². The molecule has 0 fully saturated rings. The summed E-state index contributed by atoms with van der Waals surface area (Å²) in [5.41, 5.74) is 1.96. The van der Waals surface area contributed by atoms with Crippen LogP contribution in [-0.2, 0) is 6.42 Å². The van der Waals surface area contributed by atoms with Crippen molar-refractivity contribution in [3.63, 3.8) is 0 Å². The second-order valence-corrected chi connectivity index (χ2v) is 5.12. The molecule has 0 aliphatic rings. The molecule has 1 rings (SSSR count). The molecule has 0 saturated carbocycles. The third-order valence-electron chi connectivity index (χ3n) is 1.43. The van der Waals surface area contributed by atoms with Crippen molar-refractivity contribution in [2.24, 2.45) is 0 Å². The van der Waals surface area contributed by atoms with Crippen LogP contribution in [0, 0.1) is 6.92 Å². The Morgan fingerprint density at radius 2 is 1.58 bits per heavy atom. The highest BCUT2D eigenvalue weighted by atomic mass is 35.6. The van der Waals surface area contributed by atoms with E-state index >= 15 is 0 Å². The van der Waals surface area contributed by atoms with Crippen molar-refractivity contribution in [1.82, 2.24) is 0 Å². The quantitative estimate of drug-likeness (QED) is 0.635. The predicted molar refractivity (Wildman–Crippen MR) is 54.9 cm³/mol. The minimum absolute atomic E-state index is 0.429. The molecule has 1 radical (unpaired) electrons. The lowest BCUT2D eigenvalue weighted by Gasteiger charge is -2.10.